The van der Waals surface area contributed by atoms with Crippen LogP contribution >= 0.6 is 11.6 Å². The molecule has 5 rings (SSSR count). The van der Waals surface area contributed by atoms with E-state index < -0.39 is 10.8 Å². The lowest BCUT2D eigenvalue weighted by molar-refractivity contribution is -0.384. The lowest BCUT2D eigenvalue weighted by Crippen LogP contribution is -2.20. The Labute approximate surface area is 198 Å². The van der Waals surface area contributed by atoms with Crippen molar-refractivity contribution in [3.63, 3.8) is 0 Å². The summed E-state index contributed by atoms with van der Waals surface area (Å²) in [6.07, 6.45) is 2.04. The first-order valence-corrected chi connectivity index (χ1v) is 10.7. The number of nitro groups is 1. The molecule has 0 radical (unpaired) electrons. The van der Waals surface area contributed by atoms with Crippen LogP contribution in [0.15, 0.2) is 84.9 Å². The maximum atomic E-state index is 12.8. The first kappa shape index (κ1) is 21.4. The lowest BCUT2D eigenvalue weighted by atomic mass is 10.0. The highest BCUT2D eigenvalue weighted by atomic mass is 35.5. The van der Waals surface area contributed by atoms with Crippen LogP contribution in [0, 0.1) is 10.1 Å². The number of anilines is 2. The number of amides is 1. The number of fused-ring (bicyclic) bond motifs is 1. The summed E-state index contributed by atoms with van der Waals surface area (Å²) < 4.78 is 1.68. The second-order valence-corrected chi connectivity index (χ2v) is 7.92. The van der Waals surface area contributed by atoms with Crippen molar-refractivity contribution in [2.45, 2.75) is 6.04 Å². The van der Waals surface area contributed by atoms with Gasteiger partial charge < -0.3 is 5.32 Å². The summed E-state index contributed by atoms with van der Waals surface area (Å²) in [5, 5.41) is 21.5. The number of allylic oxidation sites excluding steroid dienone is 1. The van der Waals surface area contributed by atoms with Gasteiger partial charge >= 0.3 is 0 Å². The van der Waals surface area contributed by atoms with Crippen LogP contribution in [0.4, 0.5) is 17.6 Å². The molecule has 2 N–H and O–H groups in total. The Kier molecular flexibility index (Phi) is 5.52. The van der Waals surface area contributed by atoms with E-state index in [0.717, 1.165) is 22.9 Å². The quantitative estimate of drug-likeness (QED) is 0.306. The third kappa shape index (κ3) is 4.12. The largest absolute Gasteiger partial charge is 0.324 e. The summed E-state index contributed by atoms with van der Waals surface area (Å²) in [5.74, 6) is -0.0726. The molecule has 1 atom stereocenters. The van der Waals surface area contributed by atoms with Crippen molar-refractivity contribution in [2.75, 3.05) is 10.6 Å². The third-order valence-electron chi connectivity index (χ3n) is 5.32. The van der Waals surface area contributed by atoms with Crippen LogP contribution in [0.1, 0.15) is 27.5 Å². The fourth-order valence-electron chi connectivity index (χ4n) is 3.69. The Hall–Kier alpha value is -4.50. The molecule has 9 nitrogen and oxygen atoms in total. The van der Waals surface area contributed by atoms with Crippen LogP contribution in [0.5, 0.6) is 0 Å². The molecule has 0 saturated carbocycles. The lowest BCUT2D eigenvalue weighted by Gasteiger charge is -2.24. The van der Waals surface area contributed by atoms with Gasteiger partial charge in [0.25, 0.3) is 17.5 Å². The second kappa shape index (κ2) is 8.80. The molecule has 3 aromatic carbocycles. The molecule has 0 saturated heterocycles. The normalized spacial score (nSPS) is 14.5. The van der Waals surface area contributed by atoms with Crippen molar-refractivity contribution in [1.82, 2.24) is 14.8 Å². The topological polar surface area (TPSA) is 115 Å². The summed E-state index contributed by atoms with van der Waals surface area (Å²) in [5.41, 5.74) is 2.56. The molecule has 1 aromatic heterocycles. The van der Waals surface area contributed by atoms with E-state index in [-0.39, 0.29) is 28.3 Å². The average Bonchev–Trinajstić information content (AvgIpc) is 3.26. The Morgan fingerprint density at radius 1 is 1.06 bits per heavy atom. The predicted molar refractivity (Wildman–Crippen MR) is 129 cm³/mol. The maximum Gasteiger partial charge on any atom is 0.288 e. The van der Waals surface area contributed by atoms with Gasteiger partial charge in [-0.3, -0.25) is 20.2 Å². The number of hydrogen-bond acceptors (Lipinski definition) is 6. The van der Waals surface area contributed by atoms with Gasteiger partial charge in [-0.1, -0.05) is 72.3 Å². The fourth-order valence-corrected chi connectivity index (χ4v) is 3.87. The third-order valence-corrected chi connectivity index (χ3v) is 5.64. The SMILES string of the molecule is O=C(Nc1nc2n(n1)[C@@H](c1ccccc1)C=C(c1ccccc1)N2)c1ccc(Cl)c([N+](=O)[O-])c1. The number of carbonyl (C=O) groups excluding carboxylic acids is 1. The fraction of sp³-hybridized carbons (Fsp3) is 0.0417. The van der Waals surface area contributed by atoms with Gasteiger partial charge in [0.2, 0.25) is 5.95 Å². The van der Waals surface area contributed by atoms with Crippen LogP contribution < -0.4 is 10.6 Å². The van der Waals surface area contributed by atoms with Crippen LogP contribution in [0.2, 0.25) is 5.02 Å². The molecule has 168 valence electrons. The highest BCUT2D eigenvalue weighted by Crippen LogP contribution is 2.33. The average molecular weight is 473 g/mol. The number of hydrogen-bond donors (Lipinski definition) is 2. The van der Waals surface area contributed by atoms with E-state index in [4.69, 9.17) is 11.6 Å². The Morgan fingerprint density at radius 3 is 2.47 bits per heavy atom. The molecule has 0 spiro atoms. The Balaban J connectivity index is 1.48. The minimum absolute atomic E-state index is 0.0495. The van der Waals surface area contributed by atoms with Gasteiger partial charge in [0, 0.05) is 17.3 Å². The molecule has 1 aliphatic rings. The van der Waals surface area contributed by atoms with E-state index >= 15 is 0 Å². The van der Waals surface area contributed by atoms with Gasteiger partial charge in [-0.2, -0.15) is 4.98 Å². The summed E-state index contributed by atoms with van der Waals surface area (Å²) in [4.78, 5) is 27.7. The maximum absolute atomic E-state index is 12.8. The first-order chi connectivity index (χ1) is 16.5. The van der Waals surface area contributed by atoms with Crippen LogP contribution in [0.3, 0.4) is 0 Å². The molecule has 2 heterocycles. The van der Waals surface area contributed by atoms with Crippen LogP contribution in [-0.2, 0) is 0 Å². The zero-order valence-corrected chi connectivity index (χ0v) is 18.3. The van der Waals surface area contributed by atoms with E-state index in [1.807, 2.05) is 66.7 Å². The molecule has 0 fully saturated rings. The highest BCUT2D eigenvalue weighted by Gasteiger charge is 2.26. The van der Waals surface area contributed by atoms with E-state index in [1.54, 1.807) is 4.68 Å². The van der Waals surface area contributed by atoms with E-state index in [0.29, 0.717) is 5.95 Å². The summed E-state index contributed by atoms with van der Waals surface area (Å²) in [6, 6.07) is 23.2. The standard InChI is InChI=1S/C24H17ClN6O3/c25-18-12-11-17(13-21(18)31(33)34)22(32)27-23-28-24-26-19(15-7-3-1-4-8-15)14-20(30(24)29-23)16-9-5-2-6-10-16/h1-14,20H,(H2,26,27,28,29,32)/t20-/m1/s1. The van der Waals surface area contributed by atoms with Crippen molar-refractivity contribution >= 4 is 40.8 Å². The monoisotopic (exact) mass is 472 g/mol. The van der Waals surface area contributed by atoms with Crippen molar-refractivity contribution in [2.24, 2.45) is 0 Å². The summed E-state index contributed by atoms with van der Waals surface area (Å²) in [6.45, 7) is 0. The predicted octanol–water partition coefficient (Wildman–Crippen LogP) is 5.15. The first-order valence-electron chi connectivity index (χ1n) is 10.3. The van der Waals surface area contributed by atoms with Gasteiger partial charge in [-0.25, -0.2) is 4.68 Å². The minimum Gasteiger partial charge on any atom is -0.324 e. The number of aromatic nitrogens is 3. The van der Waals surface area contributed by atoms with Gasteiger partial charge in [0.1, 0.15) is 11.1 Å². The van der Waals surface area contributed by atoms with Gasteiger partial charge in [-0.05, 0) is 29.3 Å². The van der Waals surface area contributed by atoms with E-state index in [1.165, 1.54) is 12.1 Å². The number of nitrogens with zero attached hydrogens (tertiary/aromatic N) is 4. The number of rotatable bonds is 5. The Morgan fingerprint density at radius 2 is 1.76 bits per heavy atom. The summed E-state index contributed by atoms with van der Waals surface area (Å²) >= 11 is 5.85. The molecule has 0 bridgehead atoms. The molecule has 4 aromatic rings. The van der Waals surface area contributed by atoms with Crippen molar-refractivity contribution in [3.05, 3.63) is 117 Å². The zero-order valence-electron chi connectivity index (χ0n) is 17.6. The molecule has 0 unspecified atom stereocenters. The number of benzene rings is 3. The Bertz CT molecular complexity index is 1420. The van der Waals surface area contributed by atoms with Gasteiger partial charge in [0.05, 0.1) is 4.92 Å². The molecule has 1 aliphatic heterocycles. The molecular weight excluding hydrogens is 456 g/mol. The number of halogens is 1. The molecule has 0 aliphatic carbocycles. The molecule has 1 amide bonds. The minimum atomic E-state index is -0.641. The van der Waals surface area contributed by atoms with E-state index in [9.17, 15) is 14.9 Å². The van der Waals surface area contributed by atoms with E-state index in [2.05, 4.69) is 20.7 Å². The van der Waals surface area contributed by atoms with Crippen molar-refractivity contribution in [1.29, 1.82) is 0 Å². The van der Waals surface area contributed by atoms with Crippen molar-refractivity contribution in [3.8, 4) is 0 Å². The molecule has 10 heteroatoms. The van der Waals surface area contributed by atoms with Crippen LogP contribution in [0.25, 0.3) is 5.70 Å². The second-order valence-electron chi connectivity index (χ2n) is 7.51. The van der Waals surface area contributed by atoms with Gasteiger partial charge in [0.15, 0.2) is 0 Å². The van der Waals surface area contributed by atoms with Gasteiger partial charge in [-0.15, -0.1) is 5.10 Å². The number of nitrogens with one attached hydrogen (secondary N) is 2. The van der Waals surface area contributed by atoms with Crippen molar-refractivity contribution < 1.29 is 9.72 Å². The van der Waals surface area contributed by atoms with Crippen LogP contribution in [-0.4, -0.2) is 25.6 Å². The molecule has 34 heavy (non-hydrogen) atoms. The number of carbonyl (C=O) groups is 1. The number of nitro benzene ring substituents is 1. The highest BCUT2D eigenvalue weighted by molar-refractivity contribution is 6.32. The molecular formula is C24H17ClN6O3. The zero-order chi connectivity index (χ0) is 23.7. The smallest absolute Gasteiger partial charge is 0.288 e. The summed E-state index contributed by atoms with van der Waals surface area (Å²) in [7, 11) is 0.